The third-order valence-electron chi connectivity index (χ3n) is 3.05. The number of hydrogen-bond acceptors (Lipinski definition) is 6. The summed E-state index contributed by atoms with van der Waals surface area (Å²) in [5.41, 5.74) is -1.10. The minimum Gasteiger partial charge on any atom is -0.388 e. The van der Waals surface area contributed by atoms with Crippen LogP contribution < -0.4 is 5.32 Å². The van der Waals surface area contributed by atoms with Gasteiger partial charge in [-0.25, -0.2) is 4.98 Å². The first kappa shape index (κ1) is 14.0. The molecule has 0 radical (unpaired) electrons. The van der Waals surface area contributed by atoms with Crippen LogP contribution in [0.15, 0.2) is 12.1 Å². The second-order valence-corrected chi connectivity index (χ2v) is 4.84. The van der Waals surface area contributed by atoms with E-state index in [2.05, 4.69) is 10.3 Å². The van der Waals surface area contributed by atoms with Crippen LogP contribution in [0.25, 0.3) is 0 Å². The predicted molar refractivity (Wildman–Crippen MR) is 69.4 cm³/mol. The molecule has 1 aliphatic heterocycles. The number of anilines is 1. The second-order valence-electron chi connectivity index (χ2n) is 4.45. The molecule has 104 valence electrons. The Balaban J connectivity index is 2.10. The number of rotatable bonds is 4. The van der Waals surface area contributed by atoms with E-state index >= 15 is 0 Å². The lowest BCUT2D eigenvalue weighted by molar-refractivity contribution is -0.384. The summed E-state index contributed by atoms with van der Waals surface area (Å²) in [5.74, 6) is 0.0671. The molecule has 1 saturated heterocycles. The van der Waals surface area contributed by atoms with Crippen molar-refractivity contribution in [3.05, 3.63) is 27.4 Å². The van der Waals surface area contributed by atoms with Crippen molar-refractivity contribution in [3.63, 3.8) is 0 Å². The maximum Gasteiger partial charge on any atom is 0.311 e. The Kier molecular flexibility index (Phi) is 4.18. The van der Waals surface area contributed by atoms with E-state index in [1.807, 2.05) is 0 Å². The Morgan fingerprint density at radius 2 is 2.21 bits per heavy atom. The van der Waals surface area contributed by atoms with Crippen LogP contribution in [-0.2, 0) is 4.74 Å². The van der Waals surface area contributed by atoms with Gasteiger partial charge in [0.2, 0.25) is 5.82 Å². The van der Waals surface area contributed by atoms with Crippen LogP contribution in [0, 0.1) is 10.1 Å². The minimum absolute atomic E-state index is 0.0671. The largest absolute Gasteiger partial charge is 0.388 e. The maximum atomic E-state index is 10.9. The van der Waals surface area contributed by atoms with Gasteiger partial charge in [-0.05, 0) is 6.07 Å². The topological polar surface area (TPSA) is 97.5 Å². The smallest absolute Gasteiger partial charge is 0.311 e. The van der Waals surface area contributed by atoms with Gasteiger partial charge in [0.25, 0.3) is 0 Å². The van der Waals surface area contributed by atoms with Crippen LogP contribution in [-0.4, -0.2) is 40.4 Å². The fourth-order valence-electron chi connectivity index (χ4n) is 1.88. The Morgan fingerprint density at radius 1 is 1.53 bits per heavy atom. The van der Waals surface area contributed by atoms with E-state index in [-0.39, 0.29) is 23.2 Å². The molecule has 0 spiro atoms. The molecule has 0 atom stereocenters. The van der Waals surface area contributed by atoms with Crippen LogP contribution in [0.1, 0.15) is 12.8 Å². The summed E-state index contributed by atoms with van der Waals surface area (Å²) in [7, 11) is 0. The molecule has 1 aromatic rings. The lowest BCUT2D eigenvalue weighted by Gasteiger charge is -2.32. The van der Waals surface area contributed by atoms with Gasteiger partial charge in [-0.3, -0.25) is 10.1 Å². The van der Waals surface area contributed by atoms with Crippen molar-refractivity contribution in [1.82, 2.24) is 4.98 Å². The number of nitrogens with zero attached hydrogens (tertiary/aromatic N) is 2. The summed E-state index contributed by atoms with van der Waals surface area (Å²) >= 11 is 5.72. The molecule has 2 N–H and O–H groups in total. The molecular weight excluding hydrogens is 274 g/mol. The number of nitrogens with one attached hydrogen (secondary N) is 1. The summed E-state index contributed by atoms with van der Waals surface area (Å²) in [6, 6.07) is 2.64. The van der Waals surface area contributed by atoms with Gasteiger partial charge in [-0.2, -0.15) is 0 Å². The molecule has 2 rings (SSSR count). The van der Waals surface area contributed by atoms with Gasteiger partial charge in [0.15, 0.2) is 0 Å². The number of nitro groups is 1. The fraction of sp³-hybridized carbons (Fsp3) is 0.545. The van der Waals surface area contributed by atoms with Crippen molar-refractivity contribution in [2.45, 2.75) is 18.4 Å². The first-order chi connectivity index (χ1) is 9.00. The van der Waals surface area contributed by atoms with Crippen molar-refractivity contribution in [1.29, 1.82) is 0 Å². The minimum atomic E-state index is -0.934. The van der Waals surface area contributed by atoms with Gasteiger partial charge in [0.05, 0.1) is 10.5 Å². The first-order valence-corrected chi connectivity index (χ1v) is 6.23. The highest BCUT2D eigenvalue weighted by atomic mass is 35.5. The van der Waals surface area contributed by atoms with Crippen LogP contribution in [0.3, 0.4) is 0 Å². The third kappa shape index (κ3) is 3.52. The molecule has 19 heavy (non-hydrogen) atoms. The van der Waals surface area contributed by atoms with E-state index < -0.39 is 10.5 Å². The molecule has 1 aromatic heterocycles. The van der Waals surface area contributed by atoms with Crippen molar-refractivity contribution in [2.24, 2.45) is 0 Å². The number of ether oxygens (including phenoxy) is 1. The molecule has 8 heteroatoms. The third-order valence-corrected chi connectivity index (χ3v) is 3.26. The average molecular weight is 288 g/mol. The number of aliphatic hydroxyl groups is 1. The zero-order chi connectivity index (χ0) is 13.9. The second kappa shape index (κ2) is 5.68. The molecule has 0 saturated carbocycles. The van der Waals surface area contributed by atoms with Crippen molar-refractivity contribution < 1.29 is 14.8 Å². The summed E-state index contributed by atoms with van der Waals surface area (Å²) in [6.07, 6.45) is 0.961. The Bertz CT molecular complexity index is 477. The van der Waals surface area contributed by atoms with E-state index in [9.17, 15) is 15.2 Å². The molecule has 2 heterocycles. The van der Waals surface area contributed by atoms with Crippen LogP contribution >= 0.6 is 11.6 Å². The molecule has 0 aromatic carbocycles. The normalized spacial score (nSPS) is 18.0. The molecular formula is C11H14ClN3O4. The van der Waals surface area contributed by atoms with E-state index in [0.717, 1.165) is 0 Å². The van der Waals surface area contributed by atoms with E-state index in [1.165, 1.54) is 12.1 Å². The molecule has 7 nitrogen and oxygen atoms in total. The molecule has 1 aliphatic rings. The van der Waals surface area contributed by atoms with E-state index in [1.54, 1.807) is 0 Å². The predicted octanol–water partition coefficient (Wildman–Crippen LogP) is 1.60. The fourth-order valence-corrected chi connectivity index (χ4v) is 2.03. The van der Waals surface area contributed by atoms with Crippen molar-refractivity contribution in [3.8, 4) is 0 Å². The van der Waals surface area contributed by atoms with Gasteiger partial charge >= 0.3 is 5.69 Å². The highest BCUT2D eigenvalue weighted by Gasteiger charge is 2.30. The number of aromatic nitrogens is 1. The van der Waals surface area contributed by atoms with Crippen molar-refractivity contribution in [2.75, 3.05) is 25.1 Å². The number of pyridine rings is 1. The Hall–Kier alpha value is -1.44. The van der Waals surface area contributed by atoms with E-state index in [4.69, 9.17) is 16.3 Å². The zero-order valence-electron chi connectivity index (χ0n) is 10.1. The molecule has 1 fully saturated rings. The van der Waals surface area contributed by atoms with Crippen LogP contribution in [0.2, 0.25) is 5.15 Å². The summed E-state index contributed by atoms with van der Waals surface area (Å²) in [5, 5.41) is 24.1. The molecule has 0 aliphatic carbocycles. The lowest BCUT2D eigenvalue weighted by Crippen LogP contribution is -2.42. The quantitative estimate of drug-likeness (QED) is 0.496. The monoisotopic (exact) mass is 287 g/mol. The highest BCUT2D eigenvalue weighted by molar-refractivity contribution is 6.29. The van der Waals surface area contributed by atoms with Crippen molar-refractivity contribution >= 4 is 23.1 Å². The zero-order valence-corrected chi connectivity index (χ0v) is 10.9. The van der Waals surface area contributed by atoms with Crippen LogP contribution in [0.5, 0.6) is 0 Å². The average Bonchev–Trinajstić information content (AvgIpc) is 2.37. The van der Waals surface area contributed by atoms with E-state index in [0.29, 0.717) is 26.1 Å². The van der Waals surface area contributed by atoms with Gasteiger partial charge in [0.1, 0.15) is 5.15 Å². The Labute approximate surface area is 114 Å². The molecule has 0 bridgehead atoms. The number of hydrogen-bond donors (Lipinski definition) is 2. The lowest BCUT2D eigenvalue weighted by atomic mass is 9.94. The molecule has 0 amide bonds. The first-order valence-electron chi connectivity index (χ1n) is 5.85. The summed E-state index contributed by atoms with van der Waals surface area (Å²) in [6.45, 7) is 1.12. The standard InChI is InChI=1S/C11H14ClN3O4/c12-9-2-1-8(15(17)18)10(14-9)13-7-11(16)3-5-19-6-4-11/h1-2,16H,3-7H2,(H,13,14). The summed E-state index contributed by atoms with van der Waals surface area (Å²) in [4.78, 5) is 14.2. The summed E-state index contributed by atoms with van der Waals surface area (Å²) < 4.78 is 5.17. The van der Waals surface area contributed by atoms with Crippen LogP contribution in [0.4, 0.5) is 11.5 Å². The SMILES string of the molecule is O=[N+]([O-])c1ccc(Cl)nc1NCC1(O)CCOCC1. The maximum absolute atomic E-state index is 10.9. The molecule has 0 unspecified atom stereocenters. The highest BCUT2D eigenvalue weighted by Crippen LogP contribution is 2.26. The Morgan fingerprint density at radius 3 is 2.84 bits per heavy atom. The number of halogens is 1. The van der Waals surface area contributed by atoms with Gasteiger partial charge in [-0.15, -0.1) is 0 Å². The van der Waals surface area contributed by atoms with Gasteiger partial charge in [0, 0.05) is 38.7 Å². The van der Waals surface area contributed by atoms with Gasteiger partial charge < -0.3 is 15.2 Å². The van der Waals surface area contributed by atoms with Gasteiger partial charge in [-0.1, -0.05) is 11.6 Å².